The first-order valence-electron chi connectivity index (χ1n) is 3.19. The highest BCUT2D eigenvalue weighted by Crippen LogP contribution is 2.14. The van der Waals surface area contributed by atoms with E-state index in [9.17, 15) is 0 Å². The van der Waals surface area contributed by atoms with Gasteiger partial charge in [-0.25, -0.2) is 9.98 Å². The van der Waals surface area contributed by atoms with Crippen LogP contribution in [0.5, 0.6) is 0 Å². The third-order valence-corrected chi connectivity index (χ3v) is 1.26. The molecule has 56 valence electrons. The van der Waals surface area contributed by atoms with Gasteiger partial charge in [0.2, 0.25) is 0 Å². The van der Waals surface area contributed by atoms with Gasteiger partial charge in [-0.05, 0) is 6.92 Å². The van der Waals surface area contributed by atoms with Crippen LogP contribution in [0.1, 0.15) is 12.6 Å². The summed E-state index contributed by atoms with van der Waals surface area (Å²) in [4.78, 5) is 7.83. The molecule has 0 atom stereocenters. The van der Waals surface area contributed by atoms with Crippen LogP contribution in [0, 0.1) is 11.3 Å². The van der Waals surface area contributed by atoms with Crippen molar-refractivity contribution in [3.05, 3.63) is 12.0 Å². The topological polar surface area (TPSA) is 54.0 Å². The summed E-state index contributed by atoms with van der Waals surface area (Å²) >= 11 is 0. The average molecular weight is 148 g/mol. The molecule has 0 saturated heterocycles. The number of aliphatic imine (C=N–C) groups is 1. The quantitative estimate of drug-likeness (QED) is 0.558. The first kappa shape index (κ1) is 7.48. The highest BCUT2D eigenvalue weighted by Gasteiger charge is 2.04. The van der Waals surface area contributed by atoms with E-state index in [0.717, 1.165) is 0 Å². The summed E-state index contributed by atoms with van der Waals surface area (Å²) < 4.78 is 1.71. The predicted molar refractivity (Wildman–Crippen MR) is 41.7 cm³/mol. The smallest absolute Gasteiger partial charge is 0.185 e. The van der Waals surface area contributed by atoms with Gasteiger partial charge in [0.1, 0.15) is 6.07 Å². The molecule has 0 radical (unpaired) electrons. The van der Waals surface area contributed by atoms with E-state index in [0.29, 0.717) is 11.5 Å². The van der Waals surface area contributed by atoms with Gasteiger partial charge in [-0.2, -0.15) is 5.26 Å². The number of rotatable bonds is 1. The van der Waals surface area contributed by atoms with E-state index in [1.165, 1.54) is 0 Å². The van der Waals surface area contributed by atoms with Gasteiger partial charge in [-0.1, -0.05) is 0 Å². The van der Waals surface area contributed by atoms with E-state index >= 15 is 0 Å². The van der Waals surface area contributed by atoms with Crippen LogP contribution in [0.25, 0.3) is 0 Å². The Morgan fingerprint density at radius 1 is 1.82 bits per heavy atom. The second-order valence-electron chi connectivity index (χ2n) is 2.03. The summed E-state index contributed by atoms with van der Waals surface area (Å²) in [5.74, 6) is 0.606. The van der Waals surface area contributed by atoms with Crippen molar-refractivity contribution in [3.63, 3.8) is 0 Å². The molecule has 11 heavy (non-hydrogen) atoms. The molecule has 0 amide bonds. The number of aromatic nitrogens is 2. The summed E-state index contributed by atoms with van der Waals surface area (Å²) in [6.45, 7) is 1.80. The molecule has 4 heteroatoms. The van der Waals surface area contributed by atoms with E-state index in [2.05, 4.69) is 9.98 Å². The lowest BCUT2D eigenvalue weighted by atomic mass is 10.5. The van der Waals surface area contributed by atoms with Crippen LogP contribution in [0.3, 0.4) is 0 Å². The highest BCUT2D eigenvalue weighted by molar-refractivity contribution is 5.61. The predicted octanol–water partition coefficient (Wildman–Crippen LogP) is 1.01. The average Bonchev–Trinajstić information content (AvgIpc) is 2.34. The number of hydrogen-bond acceptors (Lipinski definition) is 3. The number of hydrogen-bond donors (Lipinski definition) is 0. The van der Waals surface area contributed by atoms with Crippen LogP contribution in [0.15, 0.2) is 11.3 Å². The maximum absolute atomic E-state index is 8.56. The summed E-state index contributed by atoms with van der Waals surface area (Å²) in [5.41, 5.74) is 0.366. The lowest BCUT2D eigenvalue weighted by Crippen LogP contribution is -1.83. The molecule has 0 saturated carbocycles. The number of imidazole rings is 1. The molecular weight excluding hydrogens is 140 g/mol. The second-order valence-corrected chi connectivity index (χ2v) is 2.03. The van der Waals surface area contributed by atoms with Crippen molar-refractivity contribution in [2.24, 2.45) is 12.0 Å². The monoisotopic (exact) mass is 148 g/mol. The Morgan fingerprint density at radius 3 is 3.09 bits per heavy atom. The fourth-order valence-corrected chi connectivity index (χ4v) is 0.777. The molecule has 4 nitrogen and oxygen atoms in total. The first-order chi connectivity index (χ1) is 5.29. The summed E-state index contributed by atoms with van der Waals surface area (Å²) in [6, 6.07) is 1.96. The van der Waals surface area contributed by atoms with Crippen molar-refractivity contribution in [3.8, 4) is 6.07 Å². The zero-order valence-electron chi connectivity index (χ0n) is 6.44. The minimum atomic E-state index is 0.366. The molecular formula is C7H8N4. The fraction of sp³-hybridized carbons (Fsp3) is 0.286. The first-order valence-corrected chi connectivity index (χ1v) is 3.19. The lowest BCUT2D eigenvalue weighted by molar-refractivity contribution is 0.912. The lowest BCUT2D eigenvalue weighted by Gasteiger charge is -1.91. The van der Waals surface area contributed by atoms with E-state index in [1.807, 2.05) is 6.07 Å². The Balaban J connectivity index is 3.20. The third-order valence-electron chi connectivity index (χ3n) is 1.26. The van der Waals surface area contributed by atoms with Crippen molar-refractivity contribution in [2.45, 2.75) is 6.92 Å². The standard InChI is InChI=1S/C7H8N4/c1-3-9-7-6(4-8)10-5-11(7)2/h3,5H,1-2H3/b9-3-. The summed E-state index contributed by atoms with van der Waals surface area (Å²) in [5, 5.41) is 8.56. The van der Waals surface area contributed by atoms with Crippen LogP contribution in [-0.4, -0.2) is 15.8 Å². The second kappa shape index (κ2) is 2.97. The SMILES string of the molecule is C/C=N\c1c(C#N)ncn1C. The largest absolute Gasteiger partial charge is 0.318 e. The Kier molecular flexibility index (Phi) is 2.02. The molecule has 0 aliphatic heterocycles. The van der Waals surface area contributed by atoms with Crippen LogP contribution in [0.4, 0.5) is 5.82 Å². The number of nitrogens with zero attached hydrogens (tertiary/aromatic N) is 4. The van der Waals surface area contributed by atoms with Crippen molar-refractivity contribution in [1.82, 2.24) is 9.55 Å². The number of aryl methyl sites for hydroxylation is 1. The van der Waals surface area contributed by atoms with Gasteiger partial charge in [0, 0.05) is 13.3 Å². The molecule has 0 N–H and O–H groups in total. The van der Waals surface area contributed by atoms with E-state index in [-0.39, 0.29) is 0 Å². The Labute approximate surface area is 64.8 Å². The molecule has 0 spiro atoms. The zero-order chi connectivity index (χ0) is 8.27. The van der Waals surface area contributed by atoms with Crippen LogP contribution < -0.4 is 0 Å². The summed E-state index contributed by atoms with van der Waals surface area (Å²) in [6.07, 6.45) is 3.21. The van der Waals surface area contributed by atoms with Gasteiger partial charge in [-0.15, -0.1) is 0 Å². The Hall–Kier alpha value is -1.63. The van der Waals surface area contributed by atoms with E-state index in [4.69, 9.17) is 5.26 Å². The minimum absolute atomic E-state index is 0.366. The van der Waals surface area contributed by atoms with Crippen molar-refractivity contribution >= 4 is 12.0 Å². The molecule has 1 rings (SSSR count). The van der Waals surface area contributed by atoms with Gasteiger partial charge < -0.3 is 4.57 Å². The molecule has 0 aliphatic carbocycles. The Bertz CT molecular complexity index is 316. The number of nitriles is 1. The van der Waals surface area contributed by atoms with Crippen molar-refractivity contribution in [2.75, 3.05) is 0 Å². The van der Waals surface area contributed by atoms with E-state index in [1.54, 1.807) is 31.1 Å². The van der Waals surface area contributed by atoms with Gasteiger partial charge in [0.15, 0.2) is 11.5 Å². The normalized spacial score (nSPS) is 10.3. The maximum Gasteiger partial charge on any atom is 0.185 e. The minimum Gasteiger partial charge on any atom is -0.318 e. The molecule has 0 aliphatic rings. The Morgan fingerprint density at radius 2 is 2.55 bits per heavy atom. The molecule has 1 aromatic heterocycles. The molecule has 0 bridgehead atoms. The maximum atomic E-state index is 8.56. The van der Waals surface area contributed by atoms with E-state index < -0.39 is 0 Å². The highest BCUT2D eigenvalue weighted by atomic mass is 15.1. The van der Waals surface area contributed by atoms with Crippen molar-refractivity contribution < 1.29 is 0 Å². The molecule has 1 heterocycles. The van der Waals surface area contributed by atoms with Gasteiger partial charge in [0.25, 0.3) is 0 Å². The third kappa shape index (κ3) is 1.27. The van der Waals surface area contributed by atoms with Crippen molar-refractivity contribution in [1.29, 1.82) is 5.26 Å². The summed E-state index contributed by atoms with van der Waals surface area (Å²) in [7, 11) is 1.80. The molecule has 0 fully saturated rings. The molecule has 1 aromatic rings. The van der Waals surface area contributed by atoms with Gasteiger partial charge in [-0.3, -0.25) is 0 Å². The van der Waals surface area contributed by atoms with Crippen LogP contribution in [-0.2, 0) is 7.05 Å². The van der Waals surface area contributed by atoms with Crippen LogP contribution in [0.2, 0.25) is 0 Å². The fourth-order valence-electron chi connectivity index (χ4n) is 0.777. The molecule has 0 aromatic carbocycles. The van der Waals surface area contributed by atoms with Gasteiger partial charge in [0.05, 0.1) is 6.33 Å². The van der Waals surface area contributed by atoms with Crippen LogP contribution >= 0.6 is 0 Å². The molecule has 0 unspecified atom stereocenters. The zero-order valence-corrected chi connectivity index (χ0v) is 6.44. The van der Waals surface area contributed by atoms with Gasteiger partial charge >= 0.3 is 0 Å².